The van der Waals surface area contributed by atoms with E-state index in [1.54, 1.807) is 23.3 Å². The van der Waals surface area contributed by atoms with Crippen molar-refractivity contribution in [3.8, 4) is 18.0 Å². The van der Waals surface area contributed by atoms with Crippen LogP contribution in [0.5, 0.6) is 0 Å². The van der Waals surface area contributed by atoms with Crippen LogP contribution in [0.4, 0.5) is 5.69 Å². The van der Waals surface area contributed by atoms with Gasteiger partial charge in [-0.25, -0.2) is 4.68 Å². The molecule has 0 amide bonds. The second-order valence-electron chi connectivity index (χ2n) is 3.50. The van der Waals surface area contributed by atoms with Crippen molar-refractivity contribution in [3.05, 3.63) is 35.9 Å². The highest BCUT2D eigenvalue weighted by molar-refractivity contribution is 7.80. The molecule has 0 aliphatic heterocycles. The van der Waals surface area contributed by atoms with E-state index in [-0.39, 0.29) is 0 Å². The summed E-state index contributed by atoms with van der Waals surface area (Å²) in [5.74, 6) is 2.43. The molecule has 0 unspecified atom stereocenters. The number of nitrogens with one attached hydrogen (secondary N) is 2. The van der Waals surface area contributed by atoms with Crippen molar-refractivity contribution in [1.29, 1.82) is 0 Å². The Kier molecular flexibility index (Phi) is 4.34. The van der Waals surface area contributed by atoms with Crippen LogP contribution in [0, 0.1) is 12.3 Å². The monoisotopic (exact) mass is 291 g/mol. The number of thiocarbonyl (C=S) groups is 1. The number of hydrogen-bond acceptors (Lipinski definition) is 3. The summed E-state index contributed by atoms with van der Waals surface area (Å²) in [5.41, 5.74) is 1.40. The van der Waals surface area contributed by atoms with Gasteiger partial charge in [0, 0.05) is 6.20 Å². The zero-order valence-electron chi connectivity index (χ0n) is 9.80. The second kappa shape index (κ2) is 6.18. The molecule has 2 rings (SSSR count). The molecular weight excluding hydrogens is 282 g/mol. The first-order valence-electron chi connectivity index (χ1n) is 5.34. The molecule has 0 radical (unpaired) electrons. The highest BCUT2D eigenvalue weighted by atomic mass is 35.5. The molecule has 0 bridgehead atoms. The van der Waals surface area contributed by atoms with E-state index in [2.05, 4.69) is 26.6 Å². The van der Waals surface area contributed by atoms with Gasteiger partial charge in [0.15, 0.2) is 10.3 Å². The maximum atomic E-state index is 6.03. The minimum absolute atomic E-state index is 0.314. The van der Waals surface area contributed by atoms with E-state index in [1.807, 2.05) is 12.1 Å². The van der Waals surface area contributed by atoms with Gasteiger partial charge in [0.1, 0.15) is 0 Å². The van der Waals surface area contributed by atoms with E-state index in [0.29, 0.717) is 22.5 Å². The van der Waals surface area contributed by atoms with Crippen LogP contribution in [0.3, 0.4) is 0 Å². The van der Waals surface area contributed by atoms with Crippen molar-refractivity contribution < 1.29 is 0 Å². The fraction of sp³-hybridized carbons (Fsp3) is 0.0833. The number of anilines is 1. The SMILES string of the molecule is C#CCNC(=S)Nc1cn(-c2cccnc2)nc1Cl. The number of aromatic nitrogens is 3. The fourth-order valence-electron chi connectivity index (χ4n) is 1.36. The molecule has 0 saturated heterocycles. The third kappa shape index (κ3) is 3.44. The van der Waals surface area contributed by atoms with Crippen molar-refractivity contribution in [1.82, 2.24) is 20.1 Å². The van der Waals surface area contributed by atoms with Gasteiger partial charge in [0.05, 0.1) is 30.3 Å². The van der Waals surface area contributed by atoms with E-state index in [0.717, 1.165) is 5.69 Å². The number of rotatable bonds is 3. The Hall–Kier alpha value is -2.10. The van der Waals surface area contributed by atoms with E-state index in [4.69, 9.17) is 30.2 Å². The van der Waals surface area contributed by atoms with Crippen LogP contribution >= 0.6 is 23.8 Å². The smallest absolute Gasteiger partial charge is 0.175 e. The average Bonchev–Trinajstić information content (AvgIpc) is 2.79. The molecule has 0 aliphatic rings. The molecule has 96 valence electrons. The summed E-state index contributed by atoms with van der Waals surface area (Å²) in [5, 5.41) is 10.6. The largest absolute Gasteiger partial charge is 0.352 e. The summed E-state index contributed by atoms with van der Waals surface area (Å²) < 4.78 is 1.61. The van der Waals surface area contributed by atoms with Crippen molar-refractivity contribution in [2.24, 2.45) is 0 Å². The summed E-state index contributed by atoms with van der Waals surface area (Å²) in [6.45, 7) is 0.347. The van der Waals surface area contributed by atoms with E-state index < -0.39 is 0 Å². The first-order valence-corrected chi connectivity index (χ1v) is 6.13. The van der Waals surface area contributed by atoms with Crippen molar-refractivity contribution in [3.63, 3.8) is 0 Å². The predicted octanol–water partition coefficient (Wildman–Crippen LogP) is 1.84. The normalized spacial score (nSPS) is 9.68. The lowest BCUT2D eigenvalue weighted by atomic mass is 10.4. The van der Waals surface area contributed by atoms with Crippen LogP contribution in [-0.2, 0) is 0 Å². The minimum atomic E-state index is 0.314. The van der Waals surface area contributed by atoms with Gasteiger partial charge >= 0.3 is 0 Å². The van der Waals surface area contributed by atoms with Crippen LogP contribution in [0.1, 0.15) is 0 Å². The summed E-state index contributed by atoms with van der Waals surface area (Å²) in [7, 11) is 0. The molecule has 2 aromatic rings. The zero-order valence-corrected chi connectivity index (χ0v) is 11.4. The first-order chi connectivity index (χ1) is 9.20. The van der Waals surface area contributed by atoms with Crippen molar-refractivity contribution in [2.75, 3.05) is 11.9 Å². The molecule has 0 spiro atoms. The van der Waals surface area contributed by atoms with Gasteiger partial charge in [-0.3, -0.25) is 4.98 Å². The first kappa shape index (κ1) is 13.3. The van der Waals surface area contributed by atoms with Gasteiger partial charge in [0.2, 0.25) is 0 Å². The Morgan fingerprint density at radius 3 is 3.11 bits per heavy atom. The number of terminal acetylenes is 1. The molecule has 19 heavy (non-hydrogen) atoms. The van der Waals surface area contributed by atoms with Crippen LogP contribution in [0.15, 0.2) is 30.7 Å². The van der Waals surface area contributed by atoms with Gasteiger partial charge < -0.3 is 10.6 Å². The van der Waals surface area contributed by atoms with Crippen LogP contribution < -0.4 is 10.6 Å². The van der Waals surface area contributed by atoms with Gasteiger partial charge in [-0.1, -0.05) is 17.5 Å². The van der Waals surface area contributed by atoms with Crippen molar-refractivity contribution in [2.45, 2.75) is 0 Å². The molecule has 0 fully saturated rings. The predicted molar refractivity (Wildman–Crippen MR) is 79.4 cm³/mol. The Balaban J connectivity index is 2.14. The molecule has 0 atom stereocenters. The van der Waals surface area contributed by atoms with Crippen LogP contribution in [0.2, 0.25) is 5.15 Å². The molecule has 0 aliphatic carbocycles. The number of pyridine rings is 1. The maximum Gasteiger partial charge on any atom is 0.175 e. The molecule has 2 aromatic heterocycles. The summed E-state index contributed by atoms with van der Waals surface area (Å²) in [6, 6.07) is 3.69. The highest BCUT2D eigenvalue weighted by Gasteiger charge is 2.09. The quantitative estimate of drug-likeness (QED) is 0.668. The Labute approximate surface area is 121 Å². The van der Waals surface area contributed by atoms with Gasteiger partial charge in [-0.15, -0.1) is 6.42 Å². The topological polar surface area (TPSA) is 54.8 Å². The van der Waals surface area contributed by atoms with Crippen LogP contribution in [0.25, 0.3) is 5.69 Å². The number of halogens is 1. The lowest BCUT2D eigenvalue weighted by Gasteiger charge is -2.05. The zero-order chi connectivity index (χ0) is 13.7. The van der Waals surface area contributed by atoms with Gasteiger partial charge in [0.25, 0.3) is 0 Å². The standard InChI is InChI=1S/C12H10ClN5S/c1-2-5-15-12(19)16-10-8-18(17-11(10)13)9-4-3-6-14-7-9/h1,3-4,6-8H,5H2,(H2,15,16,19). The van der Waals surface area contributed by atoms with E-state index in [1.165, 1.54) is 0 Å². The summed E-state index contributed by atoms with van der Waals surface area (Å²) in [6.07, 6.45) is 10.2. The lowest BCUT2D eigenvalue weighted by molar-refractivity contribution is 0.874. The lowest BCUT2D eigenvalue weighted by Crippen LogP contribution is -2.28. The van der Waals surface area contributed by atoms with Gasteiger partial charge in [-0.2, -0.15) is 5.10 Å². The molecular formula is C12H10ClN5S. The molecule has 2 N–H and O–H groups in total. The third-order valence-corrected chi connectivity index (χ3v) is 2.70. The minimum Gasteiger partial charge on any atom is -0.352 e. The molecule has 0 saturated carbocycles. The average molecular weight is 292 g/mol. The van der Waals surface area contributed by atoms with Crippen molar-refractivity contribution >= 4 is 34.6 Å². The maximum absolute atomic E-state index is 6.03. The third-order valence-electron chi connectivity index (χ3n) is 2.18. The Morgan fingerprint density at radius 2 is 2.42 bits per heavy atom. The Bertz CT molecular complexity index is 617. The number of nitrogens with zero attached hydrogens (tertiary/aromatic N) is 3. The second-order valence-corrected chi connectivity index (χ2v) is 4.27. The molecule has 2 heterocycles. The number of hydrogen-bond donors (Lipinski definition) is 2. The molecule has 7 heteroatoms. The van der Waals surface area contributed by atoms with E-state index >= 15 is 0 Å². The molecule has 5 nitrogen and oxygen atoms in total. The van der Waals surface area contributed by atoms with Crippen LogP contribution in [-0.4, -0.2) is 26.4 Å². The Morgan fingerprint density at radius 1 is 1.58 bits per heavy atom. The fourth-order valence-corrected chi connectivity index (χ4v) is 1.72. The highest BCUT2D eigenvalue weighted by Crippen LogP contribution is 2.21. The van der Waals surface area contributed by atoms with Gasteiger partial charge in [-0.05, 0) is 24.4 Å². The molecule has 0 aromatic carbocycles. The summed E-state index contributed by atoms with van der Waals surface area (Å²) >= 11 is 11.1. The van der Waals surface area contributed by atoms with E-state index in [9.17, 15) is 0 Å². The summed E-state index contributed by atoms with van der Waals surface area (Å²) in [4.78, 5) is 4.02.